The van der Waals surface area contributed by atoms with E-state index in [2.05, 4.69) is 0 Å². The van der Waals surface area contributed by atoms with E-state index in [9.17, 15) is 22.8 Å². The lowest BCUT2D eigenvalue weighted by Gasteiger charge is -2.05. The predicted octanol–water partition coefficient (Wildman–Crippen LogP) is 3.03. The van der Waals surface area contributed by atoms with Crippen molar-refractivity contribution in [2.45, 2.75) is 12.6 Å². The number of hydrogen-bond donors (Lipinski definition) is 0. The van der Waals surface area contributed by atoms with Crippen LogP contribution in [0.3, 0.4) is 0 Å². The highest BCUT2D eigenvalue weighted by Gasteiger charge is 2.39. The van der Waals surface area contributed by atoms with Crippen LogP contribution in [0, 0.1) is 0 Å². The highest BCUT2D eigenvalue weighted by atomic mass is 19.4. The van der Waals surface area contributed by atoms with Crippen molar-refractivity contribution >= 4 is 18.1 Å². The summed E-state index contributed by atoms with van der Waals surface area (Å²) in [4.78, 5) is 21.0. The Balaban J connectivity index is 2.93. The van der Waals surface area contributed by atoms with Gasteiger partial charge in [0, 0.05) is 12.0 Å². The lowest BCUT2D eigenvalue weighted by atomic mass is 10.1. The largest absolute Gasteiger partial charge is 0.454 e. The second kappa shape index (κ2) is 5.43. The van der Waals surface area contributed by atoms with Crippen LogP contribution in [-0.4, -0.2) is 18.2 Å². The second-order valence-electron chi connectivity index (χ2n) is 3.26. The van der Waals surface area contributed by atoms with E-state index < -0.39 is 17.5 Å². The van der Waals surface area contributed by atoms with Crippen molar-refractivity contribution in [3.8, 4) is 0 Å². The Morgan fingerprint density at radius 1 is 1.29 bits per heavy atom. The van der Waals surface area contributed by atoms with Crippen molar-refractivity contribution in [1.29, 1.82) is 0 Å². The van der Waals surface area contributed by atoms with Gasteiger partial charge in [-0.1, -0.05) is 30.4 Å². The standard InChI is InChI=1S/C12H9F3O2/c13-12(14,15)11(17)10-6-3-5-9(8-10)4-1-2-7-16/h1,3-8H,2H2. The van der Waals surface area contributed by atoms with Gasteiger partial charge < -0.3 is 4.79 Å². The van der Waals surface area contributed by atoms with E-state index in [0.717, 1.165) is 12.1 Å². The third kappa shape index (κ3) is 3.86. The topological polar surface area (TPSA) is 34.1 Å². The molecule has 1 rings (SSSR count). The molecule has 0 aliphatic carbocycles. The molecule has 1 aromatic rings. The average Bonchev–Trinajstić information content (AvgIpc) is 2.28. The first-order chi connectivity index (χ1) is 7.95. The molecule has 0 N–H and O–H groups in total. The number of carbonyl (C=O) groups excluding carboxylic acids is 2. The molecule has 0 atom stereocenters. The van der Waals surface area contributed by atoms with E-state index in [1.165, 1.54) is 18.2 Å². The molecule has 0 spiro atoms. The van der Waals surface area contributed by atoms with Crippen LogP contribution in [0.15, 0.2) is 30.3 Å². The van der Waals surface area contributed by atoms with Gasteiger partial charge in [-0.3, -0.25) is 4.79 Å². The number of hydrogen-bond acceptors (Lipinski definition) is 2. The van der Waals surface area contributed by atoms with E-state index in [-0.39, 0.29) is 6.42 Å². The number of aldehydes is 1. The summed E-state index contributed by atoms with van der Waals surface area (Å²) < 4.78 is 36.5. The van der Waals surface area contributed by atoms with E-state index in [1.807, 2.05) is 0 Å². The molecule has 0 amide bonds. The van der Waals surface area contributed by atoms with Crippen molar-refractivity contribution in [3.63, 3.8) is 0 Å². The lowest BCUT2D eigenvalue weighted by molar-refractivity contribution is -0.107. The van der Waals surface area contributed by atoms with Gasteiger partial charge in [-0.05, 0) is 11.6 Å². The minimum Gasteiger partial charge on any atom is -0.303 e. The third-order valence-corrected chi connectivity index (χ3v) is 1.95. The molecular formula is C12H9F3O2. The summed E-state index contributed by atoms with van der Waals surface area (Å²) in [5, 5.41) is 0. The Bertz CT molecular complexity index is 447. The zero-order valence-corrected chi connectivity index (χ0v) is 8.70. The number of carbonyl (C=O) groups is 2. The minimum absolute atomic E-state index is 0.178. The molecule has 0 bridgehead atoms. The Hall–Kier alpha value is -1.91. The van der Waals surface area contributed by atoms with Crippen molar-refractivity contribution in [1.82, 2.24) is 0 Å². The van der Waals surface area contributed by atoms with Gasteiger partial charge in [-0.25, -0.2) is 0 Å². The number of Topliss-reactive ketones (excluding diaryl/α,β-unsaturated/α-hetero) is 1. The van der Waals surface area contributed by atoms with Crippen LogP contribution in [0.25, 0.3) is 6.08 Å². The van der Waals surface area contributed by atoms with Crippen molar-refractivity contribution in [2.24, 2.45) is 0 Å². The summed E-state index contributed by atoms with van der Waals surface area (Å²) in [5.41, 5.74) is 0.0349. The summed E-state index contributed by atoms with van der Waals surface area (Å²) >= 11 is 0. The minimum atomic E-state index is -4.87. The molecule has 0 saturated heterocycles. The van der Waals surface area contributed by atoms with E-state index in [4.69, 9.17) is 0 Å². The molecule has 0 fully saturated rings. The van der Waals surface area contributed by atoms with Crippen molar-refractivity contribution in [2.75, 3.05) is 0 Å². The summed E-state index contributed by atoms with van der Waals surface area (Å²) in [6.07, 6.45) is -1.03. The van der Waals surface area contributed by atoms with E-state index in [0.29, 0.717) is 11.8 Å². The Morgan fingerprint density at radius 3 is 2.59 bits per heavy atom. The zero-order chi connectivity index (χ0) is 12.9. The molecule has 0 saturated carbocycles. The summed E-state index contributed by atoms with van der Waals surface area (Å²) in [5.74, 6) is -1.87. The molecule has 17 heavy (non-hydrogen) atoms. The van der Waals surface area contributed by atoms with E-state index >= 15 is 0 Å². The molecule has 0 aromatic heterocycles. The van der Waals surface area contributed by atoms with Gasteiger partial charge in [-0.2, -0.15) is 13.2 Å². The van der Waals surface area contributed by atoms with Crippen LogP contribution in [0.5, 0.6) is 0 Å². The Labute approximate surface area is 95.8 Å². The van der Waals surface area contributed by atoms with Crippen LogP contribution in [0.4, 0.5) is 13.2 Å². The maximum absolute atomic E-state index is 12.2. The fourth-order valence-electron chi connectivity index (χ4n) is 1.21. The van der Waals surface area contributed by atoms with Crippen LogP contribution in [0.2, 0.25) is 0 Å². The molecule has 90 valence electrons. The Morgan fingerprint density at radius 2 is 2.00 bits per heavy atom. The van der Waals surface area contributed by atoms with Crippen molar-refractivity contribution < 1.29 is 22.8 Å². The first-order valence-electron chi connectivity index (χ1n) is 4.77. The quantitative estimate of drug-likeness (QED) is 0.600. The number of ketones is 1. The van der Waals surface area contributed by atoms with Gasteiger partial charge >= 0.3 is 6.18 Å². The molecule has 1 aromatic carbocycles. The number of alkyl halides is 3. The summed E-state index contributed by atoms with van der Waals surface area (Å²) in [6.45, 7) is 0. The fraction of sp³-hybridized carbons (Fsp3) is 0.167. The number of rotatable bonds is 4. The van der Waals surface area contributed by atoms with Gasteiger partial charge in [-0.15, -0.1) is 0 Å². The maximum atomic E-state index is 12.2. The predicted molar refractivity (Wildman–Crippen MR) is 56.5 cm³/mol. The first-order valence-corrected chi connectivity index (χ1v) is 4.77. The van der Waals surface area contributed by atoms with Crippen LogP contribution >= 0.6 is 0 Å². The molecule has 0 radical (unpaired) electrons. The highest BCUT2D eigenvalue weighted by molar-refractivity contribution is 6.00. The number of benzene rings is 1. The van der Waals surface area contributed by atoms with Crippen LogP contribution in [0.1, 0.15) is 22.3 Å². The summed E-state index contributed by atoms with van der Waals surface area (Å²) in [7, 11) is 0. The van der Waals surface area contributed by atoms with Gasteiger partial charge in [0.25, 0.3) is 5.78 Å². The second-order valence-corrected chi connectivity index (χ2v) is 3.26. The number of halogens is 3. The van der Waals surface area contributed by atoms with Gasteiger partial charge in [0.2, 0.25) is 0 Å². The molecule has 0 aliphatic rings. The molecule has 2 nitrogen and oxygen atoms in total. The molecular weight excluding hydrogens is 233 g/mol. The van der Waals surface area contributed by atoms with Crippen LogP contribution < -0.4 is 0 Å². The lowest BCUT2D eigenvalue weighted by Crippen LogP contribution is -2.22. The van der Waals surface area contributed by atoms with Gasteiger partial charge in [0.15, 0.2) is 0 Å². The number of allylic oxidation sites excluding steroid dienone is 1. The molecule has 0 aliphatic heterocycles. The maximum Gasteiger partial charge on any atom is 0.454 e. The summed E-state index contributed by atoms with van der Waals surface area (Å²) in [6, 6.07) is 5.15. The smallest absolute Gasteiger partial charge is 0.303 e. The fourth-order valence-corrected chi connectivity index (χ4v) is 1.21. The monoisotopic (exact) mass is 242 g/mol. The molecule has 5 heteroatoms. The third-order valence-electron chi connectivity index (χ3n) is 1.95. The SMILES string of the molecule is O=CCC=Cc1cccc(C(=O)C(F)(F)F)c1. The zero-order valence-electron chi connectivity index (χ0n) is 8.70. The highest BCUT2D eigenvalue weighted by Crippen LogP contribution is 2.22. The molecule has 0 heterocycles. The first kappa shape index (κ1) is 13.2. The van der Waals surface area contributed by atoms with Gasteiger partial charge in [0.05, 0.1) is 0 Å². The molecule has 0 unspecified atom stereocenters. The average molecular weight is 242 g/mol. The van der Waals surface area contributed by atoms with E-state index in [1.54, 1.807) is 6.07 Å². The Kier molecular flexibility index (Phi) is 4.20. The van der Waals surface area contributed by atoms with Crippen LogP contribution in [-0.2, 0) is 4.79 Å². The van der Waals surface area contributed by atoms with Gasteiger partial charge in [0.1, 0.15) is 6.29 Å². The normalized spacial score (nSPS) is 11.7. The van der Waals surface area contributed by atoms with Crippen molar-refractivity contribution in [3.05, 3.63) is 41.5 Å².